The highest BCUT2D eigenvalue weighted by Gasteiger charge is 2.33. The first-order valence-corrected chi connectivity index (χ1v) is 7.55. The van der Waals surface area contributed by atoms with Gasteiger partial charge in [0.15, 0.2) is 0 Å². The van der Waals surface area contributed by atoms with E-state index < -0.39 is 24.0 Å². The van der Waals surface area contributed by atoms with Crippen molar-refractivity contribution in [1.29, 1.82) is 0 Å². The molecule has 2 aromatic carbocycles. The van der Waals surface area contributed by atoms with Crippen molar-refractivity contribution in [1.82, 2.24) is 5.32 Å². The van der Waals surface area contributed by atoms with Crippen LogP contribution < -0.4 is 10.6 Å². The third kappa shape index (κ3) is 3.36. The van der Waals surface area contributed by atoms with Gasteiger partial charge >= 0.3 is 11.8 Å². The Balaban J connectivity index is 1.68. The van der Waals surface area contributed by atoms with Gasteiger partial charge in [-0.3, -0.25) is 9.59 Å². The van der Waals surface area contributed by atoms with Crippen molar-refractivity contribution in [3.63, 3.8) is 0 Å². The molecular weight excluding hydrogens is 316 g/mol. The number of hydrogen-bond donors (Lipinski definition) is 3. The first kappa shape index (κ1) is 15.5. The van der Waals surface area contributed by atoms with Crippen molar-refractivity contribution in [3.05, 3.63) is 64.7 Å². The number of aliphatic hydroxyl groups excluding tert-OH is 1. The van der Waals surface area contributed by atoms with Crippen molar-refractivity contribution in [3.8, 4) is 0 Å². The number of halogens is 1. The summed E-state index contributed by atoms with van der Waals surface area (Å²) in [7, 11) is 0. The molecule has 0 saturated heterocycles. The van der Waals surface area contributed by atoms with E-state index in [0.717, 1.165) is 11.1 Å². The lowest BCUT2D eigenvalue weighted by atomic mass is 10.1. The number of fused-ring (bicyclic) bond motifs is 1. The van der Waals surface area contributed by atoms with Crippen molar-refractivity contribution >= 4 is 29.1 Å². The van der Waals surface area contributed by atoms with E-state index in [9.17, 15) is 14.7 Å². The zero-order chi connectivity index (χ0) is 16.4. The summed E-state index contributed by atoms with van der Waals surface area (Å²) in [5, 5.41) is 15.6. The maximum Gasteiger partial charge on any atom is 0.313 e. The quantitative estimate of drug-likeness (QED) is 0.737. The van der Waals surface area contributed by atoms with Gasteiger partial charge in [-0.15, -0.1) is 0 Å². The van der Waals surface area contributed by atoms with Crippen LogP contribution in [0.1, 0.15) is 17.2 Å². The molecule has 2 unspecified atom stereocenters. The molecule has 0 aliphatic heterocycles. The van der Waals surface area contributed by atoms with Crippen LogP contribution in [0.25, 0.3) is 0 Å². The van der Waals surface area contributed by atoms with Crippen LogP contribution in [0.5, 0.6) is 0 Å². The highest BCUT2D eigenvalue weighted by atomic mass is 35.5. The predicted molar refractivity (Wildman–Crippen MR) is 87.1 cm³/mol. The second-order valence-corrected chi connectivity index (χ2v) is 5.82. The van der Waals surface area contributed by atoms with Gasteiger partial charge in [-0.1, -0.05) is 41.9 Å². The molecule has 0 bridgehead atoms. The van der Waals surface area contributed by atoms with E-state index in [-0.39, 0.29) is 0 Å². The molecule has 1 aliphatic rings. The molecule has 0 heterocycles. The largest absolute Gasteiger partial charge is 0.390 e. The molecule has 0 fully saturated rings. The van der Waals surface area contributed by atoms with Crippen molar-refractivity contribution in [2.75, 3.05) is 5.32 Å². The van der Waals surface area contributed by atoms with Crippen LogP contribution in [0.15, 0.2) is 48.5 Å². The Morgan fingerprint density at radius 2 is 1.87 bits per heavy atom. The van der Waals surface area contributed by atoms with Crippen molar-refractivity contribution in [2.45, 2.75) is 18.6 Å². The summed E-state index contributed by atoms with van der Waals surface area (Å²) in [6.45, 7) is 0. The zero-order valence-electron chi connectivity index (χ0n) is 12.1. The van der Waals surface area contributed by atoms with Crippen LogP contribution in [-0.2, 0) is 16.0 Å². The van der Waals surface area contributed by atoms with Crippen LogP contribution in [0.4, 0.5) is 5.69 Å². The maximum atomic E-state index is 12.1. The number of anilines is 1. The van der Waals surface area contributed by atoms with E-state index in [1.54, 1.807) is 24.3 Å². The summed E-state index contributed by atoms with van der Waals surface area (Å²) in [5.41, 5.74) is 2.24. The normalized spacial score (nSPS) is 19.0. The van der Waals surface area contributed by atoms with E-state index in [2.05, 4.69) is 10.6 Å². The Kier molecular flexibility index (Phi) is 4.32. The van der Waals surface area contributed by atoms with Gasteiger partial charge in [0.2, 0.25) is 0 Å². The van der Waals surface area contributed by atoms with Gasteiger partial charge in [0.05, 0.1) is 12.1 Å². The molecule has 3 N–H and O–H groups in total. The topological polar surface area (TPSA) is 78.4 Å². The number of aliphatic hydroxyl groups is 1. The summed E-state index contributed by atoms with van der Waals surface area (Å²) in [6.07, 6.45) is -0.285. The number of carbonyl (C=O) groups excluding carboxylic acids is 2. The Bertz CT molecular complexity index is 763. The van der Waals surface area contributed by atoms with Gasteiger partial charge in [-0.05, 0) is 29.3 Å². The number of hydrogen-bond acceptors (Lipinski definition) is 3. The Labute approximate surface area is 138 Å². The Morgan fingerprint density at radius 3 is 2.65 bits per heavy atom. The fourth-order valence-electron chi connectivity index (χ4n) is 2.71. The second kappa shape index (κ2) is 6.40. The van der Waals surface area contributed by atoms with E-state index in [0.29, 0.717) is 17.1 Å². The van der Waals surface area contributed by atoms with E-state index in [4.69, 9.17) is 11.6 Å². The molecule has 3 rings (SSSR count). The highest BCUT2D eigenvalue weighted by molar-refractivity contribution is 6.40. The van der Waals surface area contributed by atoms with Gasteiger partial charge < -0.3 is 15.7 Å². The monoisotopic (exact) mass is 330 g/mol. The molecule has 0 radical (unpaired) electrons. The summed E-state index contributed by atoms with van der Waals surface area (Å²) >= 11 is 5.84. The smallest absolute Gasteiger partial charge is 0.313 e. The van der Waals surface area contributed by atoms with Crippen molar-refractivity contribution in [2.24, 2.45) is 0 Å². The number of benzene rings is 2. The number of amides is 2. The molecule has 23 heavy (non-hydrogen) atoms. The van der Waals surface area contributed by atoms with Crippen LogP contribution in [-0.4, -0.2) is 23.0 Å². The lowest BCUT2D eigenvalue weighted by molar-refractivity contribution is -0.137. The second-order valence-electron chi connectivity index (χ2n) is 5.39. The van der Waals surface area contributed by atoms with Gasteiger partial charge in [0.1, 0.15) is 0 Å². The molecular formula is C17H15ClN2O3. The molecule has 5 nitrogen and oxygen atoms in total. The summed E-state index contributed by atoms with van der Waals surface area (Å²) in [6, 6.07) is 13.4. The Morgan fingerprint density at radius 1 is 1.09 bits per heavy atom. The fraction of sp³-hybridized carbons (Fsp3) is 0.176. The molecule has 6 heteroatoms. The van der Waals surface area contributed by atoms with E-state index >= 15 is 0 Å². The molecule has 2 aromatic rings. The third-order valence-corrected chi connectivity index (χ3v) is 4.01. The zero-order valence-corrected chi connectivity index (χ0v) is 12.9. The van der Waals surface area contributed by atoms with E-state index in [1.807, 2.05) is 24.3 Å². The molecule has 0 saturated carbocycles. The van der Waals surface area contributed by atoms with Crippen LogP contribution in [0.3, 0.4) is 0 Å². The molecule has 2 amide bonds. The minimum atomic E-state index is -0.802. The van der Waals surface area contributed by atoms with E-state index in [1.165, 1.54) is 0 Å². The minimum Gasteiger partial charge on any atom is -0.390 e. The first-order chi connectivity index (χ1) is 11.0. The average Bonchev–Trinajstić information content (AvgIpc) is 2.83. The lowest BCUT2D eigenvalue weighted by Gasteiger charge is -2.17. The predicted octanol–water partition coefficient (Wildman–Crippen LogP) is 2.05. The van der Waals surface area contributed by atoms with Gasteiger partial charge in [0.25, 0.3) is 0 Å². The summed E-state index contributed by atoms with van der Waals surface area (Å²) < 4.78 is 0. The third-order valence-electron chi connectivity index (χ3n) is 3.78. The molecule has 118 valence electrons. The highest BCUT2D eigenvalue weighted by Crippen LogP contribution is 2.31. The molecule has 1 aliphatic carbocycles. The van der Waals surface area contributed by atoms with Gasteiger partial charge in [-0.25, -0.2) is 0 Å². The number of nitrogens with one attached hydrogen (secondary N) is 2. The minimum absolute atomic E-state index is 0.435. The first-order valence-electron chi connectivity index (χ1n) is 7.18. The standard InChI is InChI=1S/C17H15ClN2O3/c18-11-5-3-6-12(9-11)19-16(22)17(23)20-15-13-7-2-1-4-10(13)8-14(15)21/h1-7,9,14-15,21H,8H2,(H,19,22)(H,20,23). The lowest BCUT2D eigenvalue weighted by Crippen LogP contribution is -2.40. The molecule has 0 aromatic heterocycles. The average molecular weight is 331 g/mol. The van der Waals surface area contributed by atoms with Gasteiger partial charge in [-0.2, -0.15) is 0 Å². The van der Waals surface area contributed by atoms with Crippen LogP contribution >= 0.6 is 11.6 Å². The SMILES string of the molecule is O=C(Nc1cccc(Cl)c1)C(=O)NC1c2ccccc2CC1O. The van der Waals surface area contributed by atoms with Gasteiger partial charge in [0, 0.05) is 17.1 Å². The van der Waals surface area contributed by atoms with Crippen LogP contribution in [0.2, 0.25) is 5.02 Å². The fourth-order valence-corrected chi connectivity index (χ4v) is 2.90. The van der Waals surface area contributed by atoms with Crippen molar-refractivity contribution < 1.29 is 14.7 Å². The molecule has 2 atom stereocenters. The summed E-state index contributed by atoms with van der Waals surface area (Å²) in [4.78, 5) is 24.1. The number of carbonyl (C=O) groups is 2. The summed E-state index contributed by atoms with van der Waals surface area (Å²) in [5.74, 6) is -1.60. The molecule has 0 spiro atoms. The van der Waals surface area contributed by atoms with Crippen LogP contribution in [0, 0.1) is 0 Å². The Hall–Kier alpha value is -2.37. The maximum absolute atomic E-state index is 12.1. The number of rotatable bonds is 2.